The Morgan fingerprint density at radius 1 is 1.00 bits per heavy atom. The lowest BCUT2D eigenvalue weighted by atomic mass is 9.71. The van der Waals surface area contributed by atoms with Gasteiger partial charge in [0.25, 0.3) is 0 Å². The minimum absolute atomic E-state index is 0.0105. The molecule has 3 aliphatic rings. The van der Waals surface area contributed by atoms with Gasteiger partial charge in [0, 0.05) is 55.1 Å². The average Bonchev–Trinajstić information content (AvgIpc) is 3.80. The summed E-state index contributed by atoms with van der Waals surface area (Å²) in [5.41, 5.74) is 2.76. The quantitative estimate of drug-likeness (QED) is 0.383. The topological polar surface area (TPSA) is 96.4 Å². The molecule has 9 nitrogen and oxygen atoms in total. The third-order valence-electron chi connectivity index (χ3n) is 8.84. The van der Waals surface area contributed by atoms with Gasteiger partial charge in [0.15, 0.2) is 0 Å². The summed E-state index contributed by atoms with van der Waals surface area (Å²) in [6, 6.07) is 9.55. The molecule has 0 aromatic carbocycles. The fourth-order valence-electron chi connectivity index (χ4n) is 5.88. The summed E-state index contributed by atoms with van der Waals surface area (Å²) < 4.78 is 43.6. The summed E-state index contributed by atoms with van der Waals surface area (Å²) in [6.07, 6.45) is 2.22. The van der Waals surface area contributed by atoms with Crippen LogP contribution >= 0.6 is 0 Å². The fraction of sp³-hybridized carbons (Fsp3) is 0.452. The molecule has 6 rings (SSSR count). The average molecular weight is 594 g/mol. The summed E-state index contributed by atoms with van der Waals surface area (Å²) >= 11 is 0. The zero-order valence-electron chi connectivity index (χ0n) is 24.0. The standard InChI is InChI=1S/C31H34F3N7O2/c1-21(2)40-13-11-29(12-14-40)19-41(20-29)24-5-4-23(35-17-24)16-37-28(42)30(9-10-30)25-7-8-27(39-38-25)43-18-22-3-6-26(36-15-22)31(32,33)34/h3-8,15,17H,1,9-14,16,18-20H2,2H3,(H,37,42). The van der Waals surface area contributed by atoms with Gasteiger partial charge in [0.2, 0.25) is 11.8 Å². The van der Waals surface area contributed by atoms with Gasteiger partial charge in [-0.3, -0.25) is 14.8 Å². The van der Waals surface area contributed by atoms with Gasteiger partial charge in [-0.15, -0.1) is 5.10 Å². The lowest BCUT2D eigenvalue weighted by Crippen LogP contribution is -2.60. The molecule has 0 unspecified atom stereocenters. The summed E-state index contributed by atoms with van der Waals surface area (Å²) in [5, 5.41) is 11.3. The molecule has 1 saturated carbocycles. The molecule has 2 saturated heterocycles. The van der Waals surface area contributed by atoms with Crippen molar-refractivity contribution in [3.05, 3.63) is 83.7 Å². The van der Waals surface area contributed by atoms with Crippen LogP contribution in [-0.4, -0.2) is 57.2 Å². The number of allylic oxidation sites excluding steroid dienone is 1. The van der Waals surface area contributed by atoms with E-state index in [2.05, 4.69) is 54.9 Å². The van der Waals surface area contributed by atoms with Crippen molar-refractivity contribution < 1.29 is 22.7 Å². The SMILES string of the molecule is C=C(C)N1CCC2(CC1)CN(c1ccc(CNC(=O)C3(c4ccc(OCc5ccc(C(F)(F)F)nc5)nn4)CC3)nc1)C2. The number of rotatable bonds is 9. The monoisotopic (exact) mass is 593 g/mol. The smallest absolute Gasteiger partial charge is 0.433 e. The lowest BCUT2D eigenvalue weighted by molar-refractivity contribution is -0.141. The van der Waals surface area contributed by atoms with Gasteiger partial charge >= 0.3 is 6.18 Å². The van der Waals surface area contributed by atoms with Gasteiger partial charge in [-0.1, -0.05) is 12.6 Å². The van der Waals surface area contributed by atoms with E-state index in [0.29, 0.717) is 36.1 Å². The van der Waals surface area contributed by atoms with Crippen molar-refractivity contribution in [2.45, 2.75) is 57.3 Å². The number of ether oxygens (including phenoxy) is 1. The maximum atomic E-state index is 13.1. The number of hydrogen-bond donors (Lipinski definition) is 1. The Labute approximate surface area is 248 Å². The van der Waals surface area contributed by atoms with Crippen LogP contribution in [0.15, 0.2) is 61.1 Å². The lowest BCUT2D eigenvalue weighted by Gasteiger charge is -2.55. The minimum Gasteiger partial charge on any atom is -0.472 e. The van der Waals surface area contributed by atoms with Crippen LogP contribution in [0.2, 0.25) is 0 Å². The fourth-order valence-corrected chi connectivity index (χ4v) is 5.88. The molecule has 2 aliphatic heterocycles. The van der Waals surface area contributed by atoms with Gasteiger partial charge in [0.05, 0.1) is 35.2 Å². The first-order valence-corrected chi connectivity index (χ1v) is 14.4. The van der Waals surface area contributed by atoms with Crippen LogP contribution in [0.1, 0.15) is 55.3 Å². The Kier molecular flexibility index (Phi) is 7.47. The van der Waals surface area contributed by atoms with Gasteiger partial charge < -0.3 is 19.9 Å². The van der Waals surface area contributed by atoms with E-state index in [1.165, 1.54) is 18.9 Å². The first kappa shape index (κ1) is 28.9. The predicted octanol–water partition coefficient (Wildman–Crippen LogP) is 4.65. The van der Waals surface area contributed by atoms with Crippen molar-refractivity contribution in [1.82, 2.24) is 30.4 Å². The van der Waals surface area contributed by atoms with E-state index in [1.807, 2.05) is 12.3 Å². The number of carbonyl (C=O) groups is 1. The van der Waals surface area contributed by atoms with Crippen LogP contribution in [-0.2, 0) is 29.5 Å². The number of halogens is 3. The second-order valence-corrected chi connectivity index (χ2v) is 11.9. The highest BCUT2D eigenvalue weighted by molar-refractivity contribution is 5.90. The zero-order valence-corrected chi connectivity index (χ0v) is 24.0. The molecule has 1 spiro atoms. The first-order chi connectivity index (χ1) is 20.6. The largest absolute Gasteiger partial charge is 0.472 e. The van der Waals surface area contributed by atoms with Crippen LogP contribution in [0.4, 0.5) is 18.9 Å². The second kappa shape index (κ2) is 11.1. The highest BCUT2D eigenvalue weighted by Crippen LogP contribution is 2.47. The Morgan fingerprint density at radius 3 is 2.33 bits per heavy atom. The van der Waals surface area contributed by atoms with Crippen LogP contribution < -0.4 is 15.0 Å². The molecule has 0 bridgehead atoms. The number of aromatic nitrogens is 4. The van der Waals surface area contributed by atoms with Crippen molar-refractivity contribution >= 4 is 11.6 Å². The second-order valence-electron chi connectivity index (χ2n) is 11.9. The van der Waals surface area contributed by atoms with E-state index in [1.54, 1.807) is 12.1 Å². The van der Waals surface area contributed by atoms with Crippen molar-refractivity contribution in [3.63, 3.8) is 0 Å². The Balaban J connectivity index is 0.969. The Bertz CT molecular complexity index is 1460. The summed E-state index contributed by atoms with van der Waals surface area (Å²) in [4.78, 5) is 25.9. The van der Waals surface area contributed by atoms with E-state index in [4.69, 9.17) is 4.74 Å². The molecule has 43 heavy (non-hydrogen) atoms. The molecule has 0 atom stereocenters. The number of anilines is 1. The molecule has 12 heteroatoms. The molecule has 5 heterocycles. The van der Waals surface area contributed by atoms with Crippen LogP contribution in [0, 0.1) is 5.41 Å². The van der Waals surface area contributed by atoms with E-state index in [0.717, 1.165) is 55.5 Å². The van der Waals surface area contributed by atoms with Crippen LogP contribution in [0.3, 0.4) is 0 Å². The maximum absolute atomic E-state index is 13.1. The van der Waals surface area contributed by atoms with E-state index in [-0.39, 0.29) is 18.4 Å². The highest BCUT2D eigenvalue weighted by Gasteiger charge is 2.53. The molecule has 0 radical (unpaired) electrons. The number of hydrogen-bond acceptors (Lipinski definition) is 8. The number of likely N-dealkylation sites (tertiary alicyclic amines) is 1. The highest BCUT2D eigenvalue weighted by atomic mass is 19.4. The van der Waals surface area contributed by atoms with Gasteiger partial charge in [-0.25, -0.2) is 0 Å². The molecule has 1 aliphatic carbocycles. The number of pyridine rings is 2. The van der Waals surface area contributed by atoms with E-state index < -0.39 is 17.3 Å². The van der Waals surface area contributed by atoms with Gasteiger partial charge in [0.1, 0.15) is 12.3 Å². The third-order valence-corrected chi connectivity index (χ3v) is 8.84. The number of nitrogens with zero attached hydrogens (tertiary/aromatic N) is 6. The number of nitrogens with one attached hydrogen (secondary N) is 1. The third kappa shape index (κ3) is 6.14. The van der Waals surface area contributed by atoms with Crippen molar-refractivity contribution in [1.29, 1.82) is 0 Å². The maximum Gasteiger partial charge on any atom is 0.433 e. The molecular formula is C31H34F3N7O2. The molecule has 3 fully saturated rings. The number of carbonyl (C=O) groups excluding carboxylic acids is 1. The summed E-state index contributed by atoms with van der Waals surface area (Å²) in [7, 11) is 0. The Hall–Kier alpha value is -4.22. The normalized spacial score (nSPS) is 18.6. The molecule has 226 valence electrons. The van der Waals surface area contributed by atoms with Crippen molar-refractivity contribution in [2.75, 3.05) is 31.1 Å². The number of alkyl halides is 3. The first-order valence-electron chi connectivity index (χ1n) is 14.4. The molecule has 1 amide bonds. The number of piperidine rings is 1. The van der Waals surface area contributed by atoms with Crippen LogP contribution in [0.5, 0.6) is 5.88 Å². The zero-order chi connectivity index (χ0) is 30.2. The molecular weight excluding hydrogens is 559 g/mol. The van der Waals surface area contributed by atoms with E-state index in [9.17, 15) is 18.0 Å². The molecule has 3 aromatic heterocycles. The van der Waals surface area contributed by atoms with Crippen LogP contribution in [0.25, 0.3) is 0 Å². The molecule has 3 aromatic rings. The van der Waals surface area contributed by atoms with Gasteiger partial charge in [-0.05, 0) is 56.9 Å². The summed E-state index contributed by atoms with van der Waals surface area (Å²) in [5.74, 6) is 0.0811. The van der Waals surface area contributed by atoms with Crippen molar-refractivity contribution in [3.8, 4) is 5.88 Å². The molecule has 1 N–H and O–H groups in total. The summed E-state index contributed by atoms with van der Waals surface area (Å²) in [6.45, 7) is 10.7. The van der Waals surface area contributed by atoms with E-state index >= 15 is 0 Å². The minimum atomic E-state index is -4.49. The Morgan fingerprint density at radius 2 is 1.77 bits per heavy atom. The van der Waals surface area contributed by atoms with Gasteiger partial charge in [-0.2, -0.15) is 18.3 Å². The number of amides is 1. The van der Waals surface area contributed by atoms with Crippen molar-refractivity contribution in [2.24, 2.45) is 5.41 Å². The predicted molar refractivity (Wildman–Crippen MR) is 153 cm³/mol.